The van der Waals surface area contributed by atoms with Crippen LogP contribution in [0.1, 0.15) is 29.3 Å². The van der Waals surface area contributed by atoms with Gasteiger partial charge in [-0.3, -0.25) is 9.59 Å². The van der Waals surface area contributed by atoms with Crippen LogP contribution < -0.4 is 9.47 Å². The highest BCUT2D eigenvalue weighted by Gasteiger charge is 2.30. The molecule has 4 nitrogen and oxygen atoms in total. The topological polar surface area (TPSA) is 52.6 Å². The van der Waals surface area contributed by atoms with Crippen molar-refractivity contribution in [2.45, 2.75) is 19.8 Å². The van der Waals surface area contributed by atoms with Crippen LogP contribution in [0.25, 0.3) is 10.8 Å². The molecule has 0 saturated heterocycles. The Hall–Kier alpha value is -2.36. The quantitative estimate of drug-likeness (QED) is 0.622. The van der Waals surface area contributed by atoms with Crippen LogP contribution in [-0.2, 0) is 11.2 Å². The first kappa shape index (κ1) is 12.7. The molecule has 2 aromatic carbocycles. The molecule has 1 aliphatic rings. The highest BCUT2D eigenvalue weighted by atomic mass is 16.5. The number of ketones is 1. The Kier molecular flexibility index (Phi) is 2.93. The lowest BCUT2D eigenvalue weighted by atomic mass is 9.99. The number of carbonyl (C=O) groups excluding carboxylic acids is 2. The molecule has 2 aromatic rings. The zero-order valence-electron chi connectivity index (χ0n) is 11.4. The molecule has 20 heavy (non-hydrogen) atoms. The van der Waals surface area contributed by atoms with E-state index in [4.69, 9.17) is 9.47 Å². The zero-order valence-corrected chi connectivity index (χ0v) is 11.4. The van der Waals surface area contributed by atoms with Gasteiger partial charge in [0.15, 0.2) is 5.78 Å². The molecule has 0 saturated carbocycles. The standard InChI is InChI=1S/C16H14O4/c1-9(17)20-16-11-6-4-3-5-10(11)15(19-2)12-7-8-13(18)14(12)16/h3-6H,7-8H2,1-2H3. The zero-order chi connectivity index (χ0) is 14.3. The third kappa shape index (κ3) is 1.76. The van der Waals surface area contributed by atoms with E-state index in [1.807, 2.05) is 24.3 Å². The van der Waals surface area contributed by atoms with Gasteiger partial charge in [0, 0.05) is 29.7 Å². The van der Waals surface area contributed by atoms with Crippen LogP contribution in [0, 0.1) is 0 Å². The molecule has 0 aromatic heterocycles. The number of esters is 1. The van der Waals surface area contributed by atoms with Crippen LogP contribution in [0.2, 0.25) is 0 Å². The summed E-state index contributed by atoms with van der Waals surface area (Å²) in [7, 11) is 1.59. The monoisotopic (exact) mass is 270 g/mol. The summed E-state index contributed by atoms with van der Waals surface area (Å²) in [5, 5.41) is 1.59. The molecule has 0 atom stereocenters. The Balaban J connectivity index is 2.43. The Bertz CT molecular complexity index is 731. The molecule has 0 heterocycles. The van der Waals surface area contributed by atoms with E-state index in [0.717, 1.165) is 16.3 Å². The fraction of sp³-hybridized carbons (Fsp3) is 0.250. The van der Waals surface area contributed by atoms with Crippen LogP contribution >= 0.6 is 0 Å². The van der Waals surface area contributed by atoms with E-state index >= 15 is 0 Å². The van der Waals surface area contributed by atoms with E-state index in [9.17, 15) is 9.59 Å². The summed E-state index contributed by atoms with van der Waals surface area (Å²) in [6.07, 6.45) is 1.05. The van der Waals surface area contributed by atoms with Gasteiger partial charge in [-0.2, -0.15) is 0 Å². The van der Waals surface area contributed by atoms with Crippen molar-refractivity contribution >= 4 is 22.5 Å². The fourth-order valence-corrected chi connectivity index (χ4v) is 2.81. The number of methoxy groups -OCH3 is 1. The van der Waals surface area contributed by atoms with Crippen molar-refractivity contribution < 1.29 is 19.1 Å². The Morgan fingerprint density at radius 1 is 1.10 bits per heavy atom. The third-order valence-electron chi connectivity index (χ3n) is 3.55. The number of Topliss-reactive ketones (excluding diaryl/α,β-unsaturated/α-hetero) is 1. The molecule has 0 spiro atoms. The van der Waals surface area contributed by atoms with Crippen LogP contribution in [0.5, 0.6) is 11.5 Å². The number of fused-ring (bicyclic) bond motifs is 2. The molecule has 0 N–H and O–H groups in total. The minimum absolute atomic E-state index is 0.000281. The lowest BCUT2D eigenvalue weighted by Gasteiger charge is -2.15. The number of hydrogen-bond donors (Lipinski definition) is 0. The first-order valence-corrected chi connectivity index (χ1v) is 6.46. The normalized spacial score (nSPS) is 13.4. The van der Waals surface area contributed by atoms with Gasteiger partial charge in [0.2, 0.25) is 0 Å². The van der Waals surface area contributed by atoms with Gasteiger partial charge in [0.1, 0.15) is 11.5 Å². The molecule has 3 rings (SSSR count). The number of ether oxygens (including phenoxy) is 2. The van der Waals surface area contributed by atoms with Gasteiger partial charge in [-0.25, -0.2) is 0 Å². The van der Waals surface area contributed by atoms with E-state index < -0.39 is 5.97 Å². The summed E-state index contributed by atoms with van der Waals surface area (Å²) in [4.78, 5) is 23.5. The van der Waals surface area contributed by atoms with E-state index in [2.05, 4.69) is 0 Å². The van der Waals surface area contributed by atoms with Gasteiger partial charge < -0.3 is 9.47 Å². The molecule has 0 amide bonds. The van der Waals surface area contributed by atoms with Crippen molar-refractivity contribution in [2.24, 2.45) is 0 Å². The lowest BCUT2D eigenvalue weighted by molar-refractivity contribution is -0.131. The number of hydrogen-bond acceptors (Lipinski definition) is 4. The summed E-state index contributed by atoms with van der Waals surface area (Å²) in [5.74, 6) is 0.645. The first-order chi connectivity index (χ1) is 9.63. The predicted octanol–water partition coefficient (Wildman–Crippen LogP) is 2.90. The van der Waals surface area contributed by atoms with E-state index in [1.54, 1.807) is 7.11 Å². The van der Waals surface area contributed by atoms with Gasteiger partial charge in [-0.1, -0.05) is 24.3 Å². The summed E-state index contributed by atoms with van der Waals surface area (Å²) < 4.78 is 10.8. The molecule has 0 bridgehead atoms. The van der Waals surface area contributed by atoms with Crippen molar-refractivity contribution in [2.75, 3.05) is 7.11 Å². The van der Waals surface area contributed by atoms with E-state index in [0.29, 0.717) is 29.9 Å². The van der Waals surface area contributed by atoms with Crippen LogP contribution in [0.3, 0.4) is 0 Å². The average Bonchev–Trinajstić information content (AvgIpc) is 2.80. The Labute approximate surface area is 116 Å². The summed E-state index contributed by atoms with van der Waals surface area (Å²) in [6, 6.07) is 7.48. The molecular weight excluding hydrogens is 256 g/mol. The van der Waals surface area contributed by atoms with E-state index in [-0.39, 0.29) is 5.78 Å². The van der Waals surface area contributed by atoms with Crippen molar-refractivity contribution in [3.63, 3.8) is 0 Å². The Morgan fingerprint density at radius 2 is 1.75 bits per heavy atom. The maximum absolute atomic E-state index is 12.1. The SMILES string of the molecule is COc1c2c(c(OC(C)=O)c3ccccc13)C(=O)CC2. The predicted molar refractivity (Wildman–Crippen MR) is 74.5 cm³/mol. The second-order valence-electron chi connectivity index (χ2n) is 4.78. The molecule has 1 aliphatic carbocycles. The fourth-order valence-electron chi connectivity index (χ4n) is 2.81. The molecular formula is C16H14O4. The van der Waals surface area contributed by atoms with Crippen molar-refractivity contribution in [1.29, 1.82) is 0 Å². The highest BCUT2D eigenvalue weighted by Crippen LogP contribution is 2.44. The van der Waals surface area contributed by atoms with Crippen molar-refractivity contribution in [3.8, 4) is 11.5 Å². The molecule has 0 fully saturated rings. The molecule has 102 valence electrons. The molecule has 0 unspecified atom stereocenters. The van der Waals surface area contributed by atoms with Crippen molar-refractivity contribution in [3.05, 3.63) is 35.4 Å². The maximum Gasteiger partial charge on any atom is 0.308 e. The van der Waals surface area contributed by atoms with Crippen molar-refractivity contribution in [1.82, 2.24) is 0 Å². The average molecular weight is 270 g/mol. The summed E-state index contributed by atoms with van der Waals surface area (Å²) in [6.45, 7) is 1.34. The second-order valence-corrected chi connectivity index (χ2v) is 4.78. The van der Waals surface area contributed by atoms with Crippen LogP contribution in [0.15, 0.2) is 24.3 Å². The minimum atomic E-state index is -0.429. The van der Waals surface area contributed by atoms with Gasteiger partial charge in [-0.05, 0) is 6.42 Å². The van der Waals surface area contributed by atoms with Crippen LogP contribution in [0.4, 0.5) is 0 Å². The number of carbonyl (C=O) groups is 2. The third-order valence-corrected chi connectivity index (χ3v) is 3.55. The van der Waals surface area contributed by atoms with Gasteiger partial charge >= 0.3 is 5.97 Å². The summed E-state index contributed by atoms with van der Waals surface area (Å²) >= 11 is 0. The molecule has 0 aliphatic heterocycles. The summed E-state index contributed by atoms with van der Waals surface area (Å²) in [5.41, 5.74) is 1.34. The van der Waals surface area contributed by atoms with E-state index in [1.165, 1.54) is 6.92 Å². The first-order valence-electron chi connectivity index (χ1n) is 6.46. The largest absolute Gasteiger partial charge is 0.496 e. The Morgan fingerprint density at radius 3 is 2.35 bits per heavy atom. The van der Waals surface area contributed by atoms with Gasteiger partial charge in [-0.15, -0.1) is 0 Å². The number of rotatable bonds is 2. The van der Waals surface area contributed by atoms with Gasteiger partial charge in [0.25, 0.3) is 0 Å². The van der Waals surface area contributed by atoms with Gasteiger partial charge in [0.05, 0.1) is 12.7 Å². The molecule has 0 radical (unpaired) electrons. The smallest absolute Gasteiger partial charge is 0.308 e. The molecule has 4 heteroatoms. The minimum Gasteiger partial charge on any atom is -0.496 e. The highest BCUT2D eigenvalue weighted by molar-refractivity contribution is 6.11. The lowest BCUT2D eigenvalue weighted by Crippen LogP contribution is -2.07. The van der Waals surface area contributed by atoms with Crippen LogP contribution in [-0.4, -0.2) is 18.9 Å². The second kappa shape index (κ2) is 4.63. The maximum atomic E-state index is 12.1. The number of benzene rings is 2.